The van der Waals surface area contributed by atoms with Crippen LogP contribution in [0.4, 0.5) is 5.69 Å². The van der Waals surface area contributed by atoms with Gasteiger partial charge >= 0.3 is 0 Å². The molecule has 2 heterocycles. The van der Waals surface area contributed by atoms with Crippen LogP contribution in [0.15, 0.2) is 23.0 Å². The third-order valence-corrected chi connectivity index (χ3v) is 6.72. The summed E-state index contributed by atoms with van der Waals surface area (Å²) in [5.41, 5.74) is 3.78. The van der Waals surface area contributed by atoms with Gasteiger partial charge in [0.15, 0.2) is 4.83 Å². The van der Waals surface area contributed by atoms with Crippen molar-refractivity contribution < 1.29 is 4.79 Å². The van der Waals surface area contributed by atoms with Crippen molar-refractivity contribution in [3.8, 4) is 0 Å². The summed E-state index contributed by atoms with van der Waals surface area (Å²) in [5.74, 6) is -0.260. The van der Waals surface area contributed by atoms with Gasteiger partial charge in [0.25, 0.3) is 5.56 Å². The summed E-state index contributed by atoms with van der Waals surface area (Å²) in [6.07, 6.45) is 4.96. The number of aromatic nitrogens is 3. The lowest BCUT2D eigenvalue weighted by Gasteiger charge is -2.17. The Morgan fingerprint density at radius 3 is 2.89 bits per heavy atom. The van der Waals surface area contributed by atoms with Crippen LogP contribution in [0.25, 0.3) is 10.2 Å². The zero-order chi connectivity index (χ0) is 19.8. The summed E-state index contributed by atoms with van der Waals surface area (Å²) in [6.45, 7) is 5.71. The van der Waals surface area contributed by atoms with Crippen LogP contribution in [0.2, 0.25) is 0 Å². The zero-order valence-electron chi connectivity index (χ0n) is 16.4. The molecule has 1 N–H and O–H groups in total. The number of nitrogens with zero attached hydrogens (tertiary/aromatic N) is 3. The van der Waals surface area contributed by atoms with E-state index in [1.54, 1.807) is 18.3 Å². The van der Waals surface area contributed by atoms with Gasteiger partial charge in [-0.2, -0.15) is 4.68 Å². The smallest absolute Gasteiger partial charge is 0.279 e. The van der Waals surface area contributed by atoms with E-state index >= 15 is 0 Å². The average molecular weight is 397 g/mol. The van der Waals surface area contributed by atoms with Gasteiger partial charge in [0.05, 0.1) is 5.39 Å². The van der Waals surface area contributed by atoms with E-state index in [0.29, 0.717) is 10.2 Å². The Kier molecular flexibility index (Phi) is 5.02. The molecule has 0 saturated heterocycles. The average Bonchev–Trinajstić information content (AvgIpc) is 3.08. The van der Waals surface area contributed by atoms with Gasteiger partial charge in [-0.25, -0.2) is 0 Å². The van der Waals surface area contributed by atoms with Crippen molar-refractivity contribution in [3.63, 3.8) is 0 Å². The molecule has 146 valence electrons. The maximum Gasteiger partial charge on any atom is 0.279 e. The van der Waals surface area contributed by atoms with E-state index < -0.39 is 6.04 Å². The fraction of sp³-hybridized carbons (Fsp3) is 0.429. The fourth-order valence-electron chi connectivity index (χ4n) is 3.88. The van der Waals surface area contributed by atoms with Gasteiger partial charge in [-0.3, -0.25) is 9.59 Å². The standard InChI is InChI=1S/C21H24N4O2S/c1-4-14-9-7-8-12(2)18(14)22-19(26)13(3)25-21(27)17-15-10-5-6-11-16(15)28-20(17)23-24-25/h7-9,13H,4-6,10-11H2,1-3H3,(H,22,26)/t13-/m1/s1. The second kappa shape index (κ2) is 7.47. The lowest BCUT2D eigenvalue weighted by atomic mass is 9.97. The molecule has 0 fully saturated rings. The maximum atomic E-state index is 13.1. The first-order valence-electron chi connectivity index (χ1n) is 9.80. The minimum absolute atomic E-state index is 0.215. The van der Waals surface area contributed by atoms with Crippen LogP contribution in [-0.2, 0) is 24.1 Å². The minimum atomic E-state index is -0.743. The number of thiophene rings is 1. The van der Waals surface area contributed by atoms with Crippen LogP contribution < -0.4 is 10.9 Å². The van der Waals surface area contributed by atoms with Crippen molar-refractivity contribution in [1.82, 2.24) is 15.0 Å². The van der Waals surface area contributed by atoms with Gasteiger partial charge in [0.1, 0.15) is 6.04 Å². The Morgan fingerprint density at radius 1 is 1.32 bits per heavy atom. The van der Waals surface area contributed by atoms with Crippen molar-refractivity contribution in [1.29, 1.82) is 0 Å². The van der Waals surface area contributed by atoms with E-state index in [1.165, 1.54) is 9.56 Å². The highest BCUT2D eigenvalue weighted by atomic mass is 32.1. The topological polar surface area (TPSA) is 76.9 Å². The van der Waals surface area contributed by atoms with E-state index in [0.717, 1.165) is 54.5 Å². The van der Waals surface area contributed by atoms with E-state index in [-0.39, 0.29) is 11.5 Å². The minimum Gasteiger partial charge on any atom is -0.324 e. The van der Waals surface area contributed by atoms with Crippen LogP contribution in [-0.4, -0.2) is 20.9 Å². The van der Waals surface area contributed by atoms with Crippen molar-refractivity contribution in [2.24, 2.45) is 0 Å². The van der Waals surface area contributed by atoms with E-state index in [1.807, 2.05) is 25.1 Å². The Hall–Kier alpha value is -2.54. The van der Waals surface area contributed by atoms with Crippen LogP contribution in [0.1, 0.15) is 54.3 Å². The first-order chi connectivity index (χ1) is 13.5. The maximum absolute atomic E-state index is 13.1. The predicted molar refractivity (Wildman–Crippen MR) is 112 cm³/mol. The Labute approximate surface area is 167 Å². The van der Waals surface area contributed by atoms with Crippen molar-refractivity contribution in [2.75, 3.05) is 5.32 Å². The number of para-hydroxylation sites is 1. The Balaban J connectivity index is 1.69. The number of amides is 1. The highest BCUT2D eigenvalue weighted by molar-refractivity contribution is 7.18. The summed E-state index contributed by atoms with van der Waals surface area (Å²) in [6, 6.07) is 5.21. The molecule has 1 aliphatic rings. The number of benzene rings is 1. The monoisotopic (exact) mass is 396 g/mol. The van der Waals surface area contributed by atoms with Crippen LogP contribution in [0.3, 0.4) is 0 Å². The van der Waals surface area contributed by atoms with Crippen molar-refractivity contribution in [2.45, 2.75) is 58.9 Å². The highest BCUT2D eigenvalue weighted by Crippen LogP contribution is 2.33. The number of nitrogens with one attached hydrogen (secondary N) is 1. The molecule has 28 heavy (non-hydrogen) atoms. The molecule has 0 aliphatic heterocycles. The molecule has 0 radical (unpaired) electrons. The number of carbonyl (C=O) groups excluding carboxylic acids is 1. The summed E-state index contributed by atoms with van der Waals surface area (Å²) < 4.78 is 1.23. The lowest BCUT2D eigenvalue weighted by molar-refractivity contribution is -0.119. The molecule has 3 aromatic rings. The number of rotatable bonds is 4. The largest absolute Gasteiger partial charge is 0.324 e. The molecule has 6 nitrogen and oxygen atoms in total. The zero-order valence-corrected chi connectivity index (χ0v) is 17.2. The van der Waals surface area contributed by atoms with Gasteiger partial charge in [-0.1, -0.05) is 30.3 Å². The summed E-state index contributed by atoms with van der Waals surface area (Å²) in [4.78, 5) is 28.0. The number of hydrogen-bond acceptors (Lipinski definition) is 5. The molecule has 0 unspecified atom stereocenters. The van der Waals surface area contributed by atoms with Gasteiger partial charge in [-0.05, 0) is 62.6 Å². The summed E-state index contributed by atoms with van der Waals surface area (Å²) >= 11 is 1.56. The molecular formula is C21H24N4O2S. The Morgan fingerprint density at radius 2 is 2.11 bits per heavy atom. The highest BCUT2D eigenvalue weighted by Gasteiger charge is 2.25. The molecule has 7 heteroatoms. The van der Waals surface area contributed by atoms with Crippen molar-refractivity contribution >= 4 is 33.1 Å². The number of anilines is 1. The van der Waals surface area contributed by atoms with Gasteiger partial charge < -0.3 is 5.32 Å². The van der Waals surface area contributed by atoms with Crippen molar-refractivity contribution in [3.05, 3.63) is 50.1 Å². The number of fused-ring (bicyclic) bond motifs is 3. The molecule has 4 rings (SSSR count). The van der Waals surface area contributed by atoms with Crippen LogP contribution in [0.5, 0.6) is 0 Å². The van der Waals surface area contributed by atoms with E-state index in [9.17, 15) is 9.59 Å². The quantitative estimate of drug-likeness (QED) is 0.728. The van der Waals surface area contributed by atoms with Gasteiger partial charge in [-0.15, -0.1) is 16.4 Å². The van der Waals surface area contributed by atoms with Crippen LogP contribution >= 0.6 is 11.3 Å². The molecule has 0 spiro atoms. The normalized spacial score (nSPS) is 14.7. The second-order valence-electron chi connectivity index (χ2n) is 7.36. The molecule has 1 amide bonds. The molecule has 0 saturated carbocycles. The summed E-state index contributed by atoms with van der Waals surface area (Å²) in [7, 11) is 0. The molecule has 1 atom stereocenters. The lowest BCUT2D eigenvalue weighted by Crippen LogP contribution is -2.34. The number of aryl methyl sites for hydroxylation is 4. The SMILES string of the molecule is CCc1cccc(C)c1NC(=O)[C@@H](C)n1nnc2sc3c(c2c1=O)CCCC3. The Bertz CT molecular complexity index is 1120. The number of carbonyl (C=O) groups is 1. The third-order valence-electron chi connectivity index (χ3n) is 5.54. The molecule has 1 aromatic carbocycles. The first-order valence-corrected chi connectivity index (χ1v) is 10.6. The number of hydrogen-bond donors (Lipinski definition) is 1. The molecule has 2 aromatic heterocycles. The predicted octanol–water partition coefficient (Wildman–Crippen LogP) is 3.80. The summed E-state index contributed by atoms with van der Waals surface area (Å²) in [5, 5.41) is 12.0. The molecule has 0 bridgehead atoms. The molecular weight excluding hydrogens is 372 g/mol. The van der Waals surface area contributed by atoms with E-state index in [2.05, 4.69) is 22.6 Å². The third kappa shape index (κ3) is 3.13. The van der Waals surface area contributed by atoms with Crippen LogP contribution in [0, 0.1) is 6.92 Å². The fourth-order valence-corrected chi connectivity index (χ4v) is 5.08. The second-order valence-corrected chi connectivity index (χ2v) is 8.44. The van der Waals surface area contributed by atoms with Gasteiger partial charge in [0.2, 0.25) is 5.91 Å². The first kappa shape index (κ1) is 18.8. The van der Waals surface area contributed by atoms with E-state index in [4.69, 9.17) is 0 Å². The molecule has 1 aliphatic carbocycles. The van der Waals surface area contributed by atoms with Gasteiger partial charge in [0, 0.05) is 10.6 Å².